The number of methoxy groups -OCH3 is 1. The van der Waals surface area contributed by atoms with E-state index < -0.39 is 4.92 Å². The SMILES string of the molecule is COCOCc1c(C)nc2nc(N)nc(N)c2c1-c1ccc([N+](=O)[O-])cc1. The standard InChI is InChI=1S/C17H18N6O4/c1-9-12(7-27-8-26-2)13(10-3-5-11(6-4-10)23(24)25)14-15(18)21-17(19)22-16(14)20-9/h3-6H,7-8H2,1-2H3,(H4,18,19,20,21,22). The van der Waals surface area contributed by atoms with Crippen molar-refractivity contribution in [2.24, 2.45) is 0 Å². The van der Waals surface area contributed by atoms with E-state index in [1.165, 1.54) is 19.2 Å². The zero-order valence-electron chi connectivity index (χ0n) is 14.8. The lowest BCUT2D eigenvalue weighted by molar-refractivity contribution is -0.384. The first-order valence-corrected chi connectivity index (χ1v) is 7.96. The van der Waals surface area contributed by atoms with Gasteiger partial charge in [0, 0.05) is 36.1 Å². The van der Waals surface area contributed by atoms with E-state index in [2.05, 4.69) is 15.0 Å². The van der Waals surface area contributed by atoms with Crippen LogP contribution in [-0.2, 0) is 16.1 Å². The Morgan fingerprint density at radius 3 is 2.48 bits per heavy atom. The molecule has 0 fully saturated rings. The summed E-state index contributed by atoms with van der Waals surface area (Å²) in [5, 5.41) is 11.5. The first-order chi connectivity index (χ1) is 12.9. The number of aromatic nitrogens is 3. The third kappa shape index (κ3) is 3.61. The molecule has 10 nitrogen and oxygen atoms in total. The molecule has 0 amide bonds. The fraction of sp³-hybridized carbons (Fsp3) is 0.235. The number of hydrogen-bond acceptors (Lipinski definition) is 9. The average molecular weight is 370 g/mol. The van der Waals surface area contributed by atoms with E-state index in [4.69, 9.17) is 20.9 Å². The molecule has 10 heteroatoms. The first-order valence-electron chi connectivity index (χ1n) is 7.96. The molecular weight excluding hydrogens is 352 g/mol. The number of pyridine rings is 1. The zero-order chi connectivity index (χ0) is 19.6. The van der Waals surface area contributed by atoms with E-state index in [1.807, 2.05) is 6.92 Å². The summed E-state index contributed by atoms with van der Waals surface area (Å²) in [6, 6.07) is 6.13. The molecule has 0 atom stereocenters. The maximum atomic E-state index is 11.0. The monoisotopic (exact) mass is 370 g/mol. The zero-order valence-corrected chi connectivity index (χ0v) is 14.8. The van der Waals surface area contributed by atoms with Gasteiger partial charge in [0.15, 0.2) is 5.65 Å². The number of benzene rings is 1. The number of nitrogens with two attached hydrogens (primary N) is 2. The van der Waals surface area contributed by atoms with Crippen molar-refractivity contribution in [3.05, 3.63) is 45.6 Å². The smallest absolute Gasteiger partial charge is 0.269 e. The van der Waals surface area contributed by atoms with Crippen molar-refractivity contribution >= 4 is 28.5 Å². The third-order valence-electron chi connectivity index (χ3n) is 4.01. The number of hydrogen-bond donors (Lipinski definition) is 2. The van der Waals surface area contributed by atoms with E-state index in [0.717, 1.165) is 5.56 Å². The molecule has 2 aromatic heterocycles. The number of aryl methyl sites for hydroxylation is 1. The van der Waals surface area contributed by atoms with Crippen LogP contribution >= 0.6 is 0 Å². The third-order valence-corrected chi connectivity index (χ3v) is 4.01. The van der Waals surface area contributed by atoms with Crippen molar-refractivity contribution in [1.82, 2.24) is 15.0 Å². The molecule has 2 heterocycles. The molecule has 140 valence electrons. The predicted molar refractivity (Wildman–Crippen MR) is 99.7 cm³/mol. The minimum Gasteiger partial charge on any atom is -0.383 e. The van der Waals surface area contributed by atoms with Gasteiger partial charge in [-0.1, -0.05) is 0 Å². The number of anilines is 2. The van der Waals surface area contributed by atoms with Gasteiger partial charge in [0.05, 0.1) is 16.9 Å². The lowest BCUT2D eigenvalue weighted by Crippen LogP contribution is -2.08. The van der Waals surface area contributed by atoms with Crippen LogP contribution in [0.15, 0.2) is 24.3 Å². The molecule has 3 aromatic rings. The Balaban J connectivity index is 2.27. The highest BCUT2D eigenvalue weighted by Crippen LogP contribution is 2.36. The number of nitrogens with zero attached hydrogens (tertiary/aromatic N) is 4. The molecule has 0 aliphatic rings. The average Bonchev–Trinajstić information content (AvgIpc) is 2.62. The second-order valence-electron chi connectivity index (χ2n) is 5.78. The van der Waals surface area contributed by atoms with Crippen LogP contribution < -0.4 is 11.5 Å². The minimum absolute atomic E-state index is 0.0144. The van der Waals surface area contributed by atoms with Gasteiger partial charge in [-0.2, -0.15) is 9.97 Å². The lowest BCUT2D eigenvalue weighted by atomic mass is 9.95. The summed E-state index contributed by atoms with van der Waals surface area (Å²) in [4.78, 5) is 23.2. The number of nitro groups is 1. The van der Waals surface area contributed by atoms with E-state index in [9.17, 15) is 10.1 Å². The van der Waals surface area contributed by atoms with Crippen LogP contribution in [0, 0.1) is 17.0 Å². The first kappa shape index (κ1) is 18.4. The Labute approximate surface area is 154 Å². The van der Waals surface area contributed by atoms with Gasteiger partial charge < -0.3 is 20.9 Å². The van der Waals surface area contributed by atoms with Gasteiger partial charge in [0.2, 0.25) is 5.95 Å². The van der Waals surface area contributed by atoms with E-state index in [1.54, 1.807) is 12.1 Å². The van der Waals surface area contributed by atoms with Gasteiger partial charge >= 0.3 is 0 Å². The molecular formula is C17H18N6O4. The fourth-order valence-electron chi connectivity index (χ4n) is 2.83. The number of ether oxygens (including phenoxy) is 2. The van der Waals surface area contributed by atoms with Crippen molar-refractivity contribution in [3.8, 4) is 11.1 Å². The fourth-order valence-corrected chi connectivity index (χ4v) is 2.83. The van der Waals surface area contributed by atoms with Crippen molar-refractivity contribution < 1.29 is 14.4 Å². The van der Waals surface area contributed by atoms with Crippen molar-refractivity contribution in [3.63, 3.8) is 0 Å². The quantitative estimate of drug-likeness (QED) is 0.288. The topological polar surface area (TPSA) is 152 Å². The van der Waals surface area contributed by atoms with Crippen LogP contribution in [0.2, 0.25) is 0 Å². The predicted octanol–water partition coefficient (Wildman–Crippen LogP) is 2.19. The second-order valence-corrected chi connectivity index (χ2v) is 5.78. The highest BCUT2D eigenvalue weighted by Gasteiger charge is 2.19. The van der Waals surface area contributed by atoms with Crippen LogP contribution in [0.3, 0.4) is 0 Å². The molecule has 0 saturated carbocycles. The van der Waals surface area contributed by atoms with Crippen molar-refractivity contribution in [1.29, 1.82) is 0 Å². The summed E-state index contributed by atoms with van der Waals surface area (Å²) in [6.45, 7) is 2.12. The molecule has 0 bridgehead atoms. The summed E-state index contributed by atoms with van der Waals surface area (Å²) in [5.74, 6) is 0.191. The maximum Gasteiger partial charge on any atom is 0.269 e. The molecule has 0 unspecified atom stereocenters. The number of fused-ring (bicyclic) bond motifs is 1. The Hall–Kier alpha value is -3.37. The molecule has 3 rings (SSSR count). The minimum atomic E-state index is -0.458. The van der Waals surface area contributed by atoms with Gasteiger partial charge in [0.25, 0.3) is 5.69 Å². The van der Waals surface area contributed by atoms with Gasteiger partial charge in [-0.15, -0.1) is 0 Å². The highest BCUT2D eigenvalue weighted by atomic mass is 16.7. The van der Waals surface area contributed by atoms with Crippen LogP contribution in [0.25, 0.3) is 22.2 Å². The van der Waals surface area contributed by atoms with E-state index in [-0.39, 0.29) is 30.9 Å². The van der Waals surface area contributed by atoms with Crippen LogP contribution in [0.4, 0.5) is 17.5 Å². The van der Waals surface area contributed by atoms with Gasteiger partial charge in [-0.25, -0.2) is 4.98 Å². The lowest BCUT2D eigenvalue weighted by Gasteiger charge is -2.16. The largest absolute Gasteiger partial charge is 0.383 e. The summed E-state index contributed by atoms with van der Waals surface area (Å²) >= 11 is 0. The Morgan fingerprint density at radius 1 is 1.15 bits per heavy atom. The highest BCUT2D eigenvalue weighted by molar-refractivity contribution is 6.01. The molecule has 0 radical (unpaired) electrons. The maximum absolute atomic E-state index is 11.0. The van der Waals surface area contributed by atoms with Gasteiger partial charge in [-0.3, -0.25) is 10.1 Å². The molecule has 0 aliphatic carbocycles. The number of rotatable bonds is 6. The summed E-state index contributed by atoms with van der Waals surface area (Å²) in [6.07, 6.45) is 0. The van der Waals surface area contributed by atoms with Gasteiger partial charge in [0.1, 0.15) is 12.6 Å². The molecule has 27 heavy (non-hydrogen) atoms. The van der Waals surface area contributed by atoms with Crippen LogP contribution in [0.5, 0.6) is 0 Å². The number of nitro benzene ring substituents is 1. The molecule has 0 spiro atoms. The Kier molecular flexibility index (Phi) is 5.10. The molecule has 0 aliphatic heterocycles. The molecule has 4 N–H and O–H groups in total. The summed E-state index contributed by atoms with van der Waals surface area (Å²) < 4.78 is 10.4. The summed E-state index contributed by atoms with van der Waals surface area (Å²) in [7, 11) is 1.53. The Morgan fingerprint density at radius 2 is 1.85 bits per heavy atom. The number of nitrogen functional groups attached to an aromatic ring is 2. The van der Waals surface area contributed by atoms with Gasteiger partial charge in [-0.05, 0) is 24.6 Å². The molecule has 1 aromatic carbocycles. The second kappa shape index (κ2) is 7.48. The molecule has 0 saturated heterocycles. The normalized spacial score (nSPS) is 11.0. The van der Waals surface area contributed by atoms with Crippen LogP contribution in [-0.4, -0.2) is 33.8 Å². The van der Waals surface area contributed by atoms with Crippen LogP contribution in [0.1, 0.15) is 11.3 Å². The summed E-state index contributed by atoms with van der Waals surface area (Å²) in [5.41, 5.74) is 15.0. The number of non-ortho nitro benzene ring substituents is 1. The van der Waals surface area contributed by atoms with E-state index in [0.29, 0.717) is 27.9 Å². The Bertz CT molecular complexity index is 1010. The van der Waals surface area contributed by atoms with Crippen molar-refractivity contribution in [2.45, 2.75) is 13.5 Å². The van der Waals surface area contributed by atoms with E-state index >= 15 is 0 Å². The van der Waals surface area contributed by atoms with Crippen molar-refractivity contribution in [2.75, 3.05) is 25.4 Å².